The minimum absolute atomic E-state index is 0.0147. The molecule has 8 nitrogen and oxygen atoms in total. The highest BCUT2D eigenvalue weighted by atomic mass is 32.2. The maximum absolute atomic E-state index is 13.4. The van der Waals surface area contributed by atoms with Crippen LogP contribution in [0.25, 0.3) is 11.7 Å². The summed E-state index contributed by atoms with van der Waals surface area (Å²) in [5.74, 6) is 0.918. The first-order valence-electron chi connectivity index (χ1n) is 11.2. The van der Waals surface area contributed by atoms with Crippen LogP contribution in [-0.4, -0.2) is 56.4 Å². The molecule has 0 atom stereocenters. The van der Waals surface area contributed by atoms with E-state index in [4.69, 9.17) is 22.1 Å². The number of methoxy groups -OCH3 is 1. The van der Waals surface area contributed by atoms with Gasteiger partial charge in [-0.25, -0.2) is 4.98 Å². The number of aryl methyl sites for hydroxylation is 1. The number of nitrogens with one attached hydrogen (secondary N) is 1. The van der Waals surface area contributed by atoms with E-state index in [1.54, 1.807) is 30.3 Å². The Morgan fingerprint density at radius 2 is 2.00 bits per heavy atom. The average Bonchev–Trinajstić information content (AvgIpc) is 3.13. The third kappa shape index (κ3) is 5.39. The number of aliphatic hydroxyl groups is 1. The molecule has 2 aromatic heterocycles. The van der Waals surface area contributed by atoms with Crippen molar-refractivity contribution in [1.82, 2.24) is 14.3 Å². The molecular weight excluding hydrogens is 484 g/mol. The molecule has 0 bridgehead atoms. The van der Waals surface area contributed by atoms with Gasteiger partial charge < -0.3 is 15.2 Å². The number of ether oxygens (including phenoxy) is 1. The van der Waals surface area contributed by atoms with E-state index in [9.17, 15) is 9.59 Å². The fourth-order valence-corrected chi connectivity index (χ4v) is 5.01. The molecule has 1 amide bonds. The Morgan fingerprint density at radius 1 is 1.23 bits per heavy atom. The average molecular weight is 511 g/mol. The maximum atomic E-state index is 13.4. The van der Waals surface area contributed by atoms with Gasteiger partial charge in [-0.05, 0) is 55.2 Å². The molecule has 35 heavy (non-hydrogen) atoms. The van der Waals surface area contributed by atoms with Crippen LogP contribution in [0.5, 0.6) is 5.75 Å². The van der Waals surface area contributed by atoms with Crippen LogP contribution in [0, 0.1) is 6.92 Å². The summed E-state index contributed by atoms with van der Waals surface area (Å²) >= 11 is 6.65. The first kappa shape index (κ1) is 24.9. The zero-order valence-corrected chi connectivity index (χ0v) is 21.1. The summed E-state index contributed by atoms with van der Waals surface area (Å²) in [4.78, 5) is 33.1. The highest BCUT2D eigenvalue weighted by molar-refractivity contribution is 8.26. The molecule has 182 valence electrons. The first-order chi connectivity index (χ1) is 16.9. The highest BCUT2D eigenvalue weighted by Crippen LogP contribution is 2.33. The van der Waals surface area contributed by atoms with Crippen molar-refractivity contribution in [3.63, 3.8) is 0 Å². The quantitative estimate of drug-likeness (QED) is 0.257. The number of carbonyl (C=O) groups excluding carboxylic acids is 1. The molecule has 0 radical (unpaired) electrons. The van der Waals surface area contributed by atoms with Crippen LogP contribution in [0.15, 0.2) is 52.3 Å². The van der Waals surface area contributed by atoms with E-state index in [-0.39, 0.29) is 23.6 Å². The molecule has 1 aromatic carbocycles. The van der Waals surface area contributed by atoms with Crippen molar-refractivity contribution in [3.8, 4) is 5.75 Å². The van der Waals surface area contributed by atoms with E-state index in [0.717, 1.165) is 16.9 Å². The van der Waals surface area contributed by atoms with Crippen LogP contribution in [0.1, 0.15) is 23.1 Å². The van der Waals surface area contributed by atoms with Crippen LogP contribution >= 0.6 is 24.0 Å². The first-order valence-corrected chi connectivity index (χ1v) is 12.4. The van der Waals surface area contributed by atoms with Crippen molar-refractivity contribution < 1.29 is 14.6 Å². The number of benzene rings is 1. The Hall–Kier alpha value is -3.21. The summed E-state index contributed by atoms with van der Waals surface area (Å²) in [7, 11) is 1.62. The Labute approximate surface area is 212 Å². The van der Waals surface area contributed by atoms with E-state index in [1.165, 1.54) is 16.2 Å². The molecule has 1 aliphatic rings. The molecule has 0 unspecified atom stereocenters. The lowest BCUT2D eigenvalue weighted by molar-refractivity contribution is -0.122. The lowest BCUT2D eigenvalue weighted by Crippen LogP contribution is -2.30. The molecule has 3 aromatic rings. The maximum Gasteiger partial charge on any atom is 0.267 e. The molecule has 0 saturated carbocycles. The van der Waals surface area contributed by atoms with Crippen molar-refractivity contribution in [3.05, 3.63) is 74.5 Å². The van der Waals surface area contributed by atoms with E-state index >= 15 is 0 Å². The number of aliphatic hydroxyl groups excluding tert-OH is 1. The van der Waals surface area contributed by atoms with E-state index < -0.39 is 0 Å². The van der Waals surface area contributed by atoms with Gasteiger partial charge in [-0.1, -0.05) is 42.2 Å². The lowest BCUT2D eigenvalue weighted by Gasteiger charge is -2.14. The second-order valence-corrected chi connectivity index (χ2v) is 9.68. The summed E-state index contributed by atoms with van der Waals surface area (Å²) in [5.41, 5.74) is 2.45. The molecule has 0 spiro atoms. The Morgan fingerprint density at radius 3 is 2.71 bits per heavy atom. The standard InChI is InChI=1S/C25H26N4O4S2/c1-16-5-3-12-28-22(16)27-21(26-11-4-14-30)19(23(28)31)15-20-24(32)29(25(34)35-20)13-10-17-6-8-18(33-2)9-7-17/h3,5-9,12,15,26,30H,4,10-11,13-14H2,1-2H3/b20-15-. The van der Waals surface area contributed by atoms with Crippen molar-refractivity contribution in [2.75, 3.05) is 32.1 Å². The van der Waals surface area contributed by atoms with Crippen LogP contribution < -0.4 is 15.6 Å². The monoisotopic (exact) mass is 510 g/mol. The third-order valence-electron chi connectivity index (χ3n) is 5.64. The molecule has 1 fully saturated rings. The molecular formula is C25H26N4O4S2. The predicted octanol–water partition coefficient (Wildman–Crippen LogP) is 3.25. The number of thioether (sulfide) groups is 1. The van der Waals surface area contributed by atoms with Gasteiger partial charge in [0.1, 0.15) is 21.5 Å². The second-order valence-electron chi connectivity index (χ2n) is 8.00. The van der Waals surface area contributed by atoms with Crippen LogP contribution in [0.4, 0.5) is 5.82 Å². The Kier molecular flexibility index (Phi) is 7.84. The van der Waals surface area contributed by atoms with Gasteiger partial charge >= 0.3 is 0 Å². The predicted molar refractivity (Wildman–Crippen MR) is 143 cm³/mol. The highest BCUT2D eigenvalue weighted by Gasteiger charge is 2.32. The van der Waals surface area contributed by atoms with E-state index in [2.05, 4.69) is 10.3 Å². The molecule has 0 aliphatic carbocycles. The van der Waals surface area contributed by atoms with Crippen molar-refractivity contribution in [2.45, 2.75) is 19.8 Å². The summed E-state index contributed by atoms with van der Waals surface area (Å²) in [6, 6.07) is 11.3. The van der Waals surface area contributed by atoms with Gasteiger partial charge in [0.05, 0.1) is 17.6 Å². The third-order valence-corrected chi connectivity index (χ3v) is 7.02. The van der Waals surface area contributed by atoms with Gasteiger partial charge in [0.15, 0.2) is 0 Å². The number of amides is 1. The van der Waals surface area contributed by atoms with Crippen molar-refractivity contribution in [2.24, 2.45) is 0 Å². The van der Waals surface area contributed by atoms with Gasteiger partial charge in [0.2, 0.25) is 0 Å². The molecule has 4 rings (SSSR count). The number of anilines is 1. The topological polar surface area (TPSA) is 96.2 Å². The van der Waals surface area contributed by atoms with Crippen LogP contribution in [0.2, 0.25) is 0 Å². The van der Waals surface area contributed by atoms with Gasteiger partial charge in [-0.15, -0.1) is 0 Å². The summed E-state index contributed by atoms with van der Waals surface area (Å²) < 4.78 is 7.12. The number of hydrogen-bond donors (Lipinski definition) is 2. The molecule has 10 heteroatoms. The molecule has 3 heterocycles. The number of rotatable bonds is 9. The summed E-state index contributed by atoms with van der Waals surface area (Å²) in [6.07, 6.45) is 4.36. The Bertz CT molecular complexity index is 1350. The van der Waals surface area contributed by atoms with Gasteiger partial charge in [0.25, 0.3) is 11.5 Å². The lowest BCUT2D eigenvalue weighted by atomic mass is 10.1. The number of nitrogens with zero attached hydrogens (tertiary/aromatic N) is 3. The number of pyridine rings is 1. The fourth-order valence-electron chi connectivity index (χ4n) is 3.72. The van der Waals surface area contributed by atoms with E-state index in [1.807, 2.05) is 37.3 Å². The van der Waals surface area contributed by atoms with Crippen molar-refractivity contribution in [1.29, 1.82) is 0 Å². The number of aromatic nitrogens is 2. The minimum atomic E-state index is -0.284. The molecule has 1 aliphatic heterocycles. The molecule has 1 saturated heterocycles. The number of carbonyl (C=O) groups is 1. The normalized spacial score (nSPS) is 14.8. The summed E-state index contributed by atoms with van der Waals surface area (Å²) in [6.45, 7) is 2.77. The largest absolute Gasteiger partial charge is 0.497 e. The van der Waals surface area contributed by atoms with E-state index in [0.29, 0.717) is 46.6 Å². The van der Waals surface area contributed by atoms with Crippen molar-refractivity contribution >= 4 is 51.7 Å². The Balaban J connectivity index is 1.63. The van der Waals surface area contributed by atoms with Crippen LogP contribution in [-0.2, 0) is 11.2 Å². The zero-order valence-electron chi connectivity index (χ0n) is 19.5. The zero-order chi connectivity index (χ0) is 24.9. The minimum Gasteiger partial charge on any atom is -0.497 e. The second kappa shape index (κ2) is 11.0. The smallest absolute Gasteiger partial charge is 0.267 e. The van der Waals surface area contributed by atoms with Crippen LogP contribution in [0.3, 0.4) is 0 Å². The number of thiocarbonyl (C=S) groups is 1. The van der Waals surface area contributed by atoms with Gasteiger partial charge in [0, 0.05) is 25.9 Å². The van der Waals surface area contributed by atoms with Gasteiger partial charge in [-0.2, -0.15) is 0 Å². The number of fused-ring (bicyclic) bond motifs is 1. The summed E-state index contributed by atoms with van der Waals surface area (Å²) in [5, 5.41) is 12.3. The SMILES string of the molecule is COc1ccc(CCN2C(=O)/C(=C/c3c(NCCCO)nc4c(C)cccn4c3=O)SC2=S)cc1. The number of hydrogen-bond acceptors (Lipinski definition) is 8. The van der Waals surface area contributed by atoms with Gasteiger partial charge in [-0.3, -0.25) is 18.9 Å². The molecule has 2 N–H and O–H groups in total. The fraction of sp³-hybridized carbons (Fsp3) is 0.280.